The molecule has 0 radical (unpaired) electrons. The van der Waals surface area contributed by atoms with Crippen LogP contribution >= 0.6 is 0 Å². The zero-order valence-corrected chi connectivity index (χ0v) is 11.4. The third-order valence-corrected chi connectivity index (χ3v) is 3.10. The zero-order valence-electron chi connectivity index (χ0n) is 11.4. The summed E-state index contributed by atoms with van der Waals surface area (Å²) >= 11 is 0. The Labute approximate surface area is 113 Å². The fourth-order valence-corrected chi connectivity index (χ4v) is 2.07. The van der Waals surface area contributed by atoms with Gasteiger partial charge in [-0.3, -0.25) is 0 Å². The highest BCUT2D eigenvalue weighted by Gasteiger charge is 2.06. The van der Waals surface area contributed by atoms with Gasteiger partial charge < -0.3 is 15.2 Å². The lowest BCUT2D eigenvalue weighted by Crippen LogP contribution is -2.19. The number of fused-ring (bicyclic) bond motifs is 1. The minimum absolute atomic E-state index is 0.333. The van der Waals surface area contributed by atoms with Crippen LogP contribution in [0.2, 0.25) is 0 Å². The van der Waals surface area contributed by atoms with E-state index in [1.807, 2.05) is 24.3 Å². The number of ether oxygens (including phenoxy) is 1. The largest absolute Gasteiger partial charge is 0.497 e. The lowest BCUT2D eigenvalue weighted by molar-refractivity contribution is 0.176. The van der Waals surface area contributed by atoms with E-state index >= 15 is 0 Å². The van der Waals surface area contributed by atoms with Crippen LogP contribution in [0.15, 0.2) is 30.5 Å². The third kappa shape index (κ3) is 3.35. The Morgan fingerprint density at radius 2 is 2.21 bits per heavy atom. The van der Waals surface area contributed by atoms with Crippen molar-refractivity contribution in [1.82, 2.24) is 4.98 Å². The minimum atomic E-state index is -0.333. The molecule has 0 amide bonds. The van der Waals surface area contributed by atoms with Crippen molar-refractivity contribution in [2.75, 3.05) is 19.0 Å². The van der Waals surface area contributed by atoms with Gasteiger partial charge in [0.15, 0.2) is 0 Å². The summed E-state index contributed by atoms with van der Waals surface area (Å²) in [5, 5.41) is 15.1. The summed E-state index contributed by atoms with van der Waals surface area (Å²) in [4.78, 5) is 4.33. The van der Waals surface area contributed by atoms with Crippen molar-refractivity contribution in [3.05, 3.63) is 30.5 Å². The van der Waals surface area contributed by atoms with E-state index in [1.54, 1.807) is 13.3 Å². The van der Waals surface area contributed by atoms with E-state index in [2.05, 4.69) is 17.2 Å². The van der Waals surface area contributed by atoms with Crippen molar-refractivity contribution in [2.24, 2.45) is 0 Å². The first kappa shape index (κ1) is 13.6. The molecule has 0 saturated carbocycles. The molecular weight excluding hydrogens is 240 g/mol. The molecule has 2 aromatic rings. The number of benzene rings is 1. The molecule has 1 unspecified atom stereocenters. The van der Waals surface area contributed by atoms with Gasteiger partial charge in [-0.1, -0.05) is 13.3 Å². The minimum Gasteiger partial charge on any atom is -0.497 e. The molecule has 1 atom stereocenters. The summed E-state index contributed by atoms with van der Waals surface area (Å²) in [7, 11) is 1.66. The van der Waals surface area contributed by atoms with Gasteiger partial charge in [-0.25, -0.2) is 4.98 Å². The summed E-state index contributed by atoms with van der Waals surface area (Å²) in [6, 6.07) is 7.82. The summed E-state index contributed by atoms with van der Waals surface area (Å²) in [5.41, 5.74) is 0. The number of anilines is 1. The van der Waals surface area contributed by atoms with Gasteiger partial charge in [0.1, 0.15) is 11.6 Å². The average molecular weight is 260 g/mol. The predicted octanol–water partition coefficient (Wildman–Crippen LogP) is 2.82. The van der Waals surface area contributed by atoms with Crippen molar-refractivity contribution in [3.8, 4) is 5.75 Å². The van der Waals surface area contributed by atoms with Gasteiger partial charge in [-0.2, -0.15) is 0 Å². The molecule has 0 spiro atoms. The number of nitrogens with zero attached hydrogens (tertiary/aromatic N) is 1. The number of aliphatic hydroxyl groups is 1. The number of hydrogen-bond acceptors (Lipinski definition) is 4. The van der Waals surface area contributed by atoms with E-state index in [0.717, 1.165) is 35.2 Å². The molecule has 0 bridgehead atoms. The third-order valence-electron chi connectivity index (χ3n) is 3.10. The molecule has 0 fully saturated rings. The van der Waals surface area contributed by atoms with E-state index in [4.69, 9.17) is 4.74 Å². The van der Waals surface area contributed by atoms with Crippen LogP contribution in [0.4, 0.5) is 5.82 Å². The van der Waals surface area contributed by atoms with Crippen molar-refractivity contribution in [3.63, 3.8) is 0 Å². The number of hydrogen-bond donors (Lipinski definition) is 2. The number of rotatable bonds is 6. The number of nitrogens with one attached hydrogen (secondary N) is 1. The van der Waals surface area contributed by atoms with Crippen molar-refractivity contribution in [1.29, 1.82) is 0 Å². The first-order valence-electron chi connectivity index (χ1n) is 6.59. The number of methoxy groups -OCH3 is 1. The Morgan fingerprint density at radius 1 is 1.37 bits per heavy atom. The van der Waals surface area contributed by atoms with Crippen LogP contribution in [0.25, 0.3) is 10.8 Å². The van der Waals surface area contributed by atoms with Gasteiger partial charge in [-0.15, -0.1) is 0 Å². The quantitative estimate of drug-likeness (QED) is 0.838. The monoisotopic (exact) mass is 260 g/mol. The highest BCUT2D eigenvalue weighted by atomic mass is 16.5. The van der Waals surface area contributed by atoms with E-state index in [0.29, 0.717) is 6.54 Å². The van der Waals surface area contributed by atoms with E-state index < -0.39 is 0 Å². The summed E-state index contributed by atoms with van der Waals surface area (Å²) in [6.45, 7) is 2.58. The van der Waals surface area contributed by atoms with Crippen LogP contribution in [0, 0.1) is 0 Å². The molecule has 102 valence electrons. The molecule has 4 heteroatoms. The molecule has 1 aromatic carbocycles. The van der Waals surface area contributed by atoms with Gasteiger partial charge in [0.05, 0.1) is 13.2 Å². The first-order valence-corrected chi connectivity index (χ1v) is 6.59. The maximum atomic E-state index is 9.75. The summed E-state index contributed by atoms with van der Waals surface area (Å²) < 4.78 is 5.21. The highest BCUT2D eigenvalue weighted by molar-refractivity contribution is 5.92. The molecule has 2 N–H and O–H groups in total. The average Bonchev–Trinajstić information content (AvgIpc) is 2.44. The Bertz CT molecular complexity index is 543. The molecule has 0 aliphatic carbocycles. The zero-order chi connectivity index (χ0) is 13.7. The topological polar surface area (TPSA) is 54.4 Å². The van der Waals surface area contributed by atoms with Crippen molar-refractivity contribution in [2.45, 2.75) is 25.9 Å². The lowest BCUT2D eigenvalue weighted by atomic mass is 10.1. The smallest absolute Gasteiger partial charge is 0.133 e. The molecule has 19 heavy (non-hydrogen) atoms. The summed E-state index contributed by atoms with van der Waals surface area (Å²) in [5.74, 6) is 1.63. The van der Waals surface area contributed by atoms with E-state index in [9.17, 15) is 5.11 Å². The van der Waals surface area contributed by atoms with Gasteiger partial charge in [-0.05, 0) is 36.1 Å². The van der Waals surface area contributed by atoms with Crippen LogP contribution in [0.3, 0.4) is 0 Å². The predicted molar refractivity (Wildman–Crippen MR) is 77.7 cm³/mol. The second-order valence-electron chi connectivity index (χ2n) is 4.57. The molecule has 0 aliphatic heterocycles. The van der Waals surface area contributed by atoms with Crippen LogP contribution < -0.4 is 10.1 Å². The highest BCUT2D eigenvalue weighted by Crippen LogP contribution is 2.25. The Morgan fingerprint density at radius 3 is 2.95 bits per heavy atom. The molecule has 0 saturated heterocycles. The van der Waals surface area contributed by atoms with E-state index in [1.165, 1.54) is 0 Å². The number of pyridine rings is 1. The van der Waals surface area contributed by atoms with Gasteiger partial charge >= 0.3 is 0 Å². The SMILES string of the molecule is CCCC(O)CNc1nccc2cc(OC)ccc12. The molecule has 4 nitrogen and oxygen atoms in total. The number of aromatic nitrogens is 1. The van der Waals surface area contributed by atoms with Crippen LogP contribution in [-0.4, -0.2) is 29.8 Å². The Kier molecular flexibility index (Phi) is 4.58. The van der Waals surface area contributed by atoms with Gasteiger partial charge in [0, 0.05) is 18.1 Å². The van der Waals surface area contributed by atoms with Crippen molar-refractivity contribution < 1.29 is 9.84 Å². The second kappa shape index (κ2) is 6.38. The maximum Gasteiger partial charge on any atom is 0.133 e. The van der Waals surface area contributed by atoms with Crippen LogP contribution in [0.1, 0.15) is 19.8 Å². The first-order chi connectivity index (χ1) is 9.24. The maximum absolute atomic E-state index is 9.75. The lowest BCUT2D eigenvalue weighted by Gasteiger charge is -2.13. The fourth-order valence-electron chi connectivity index (χ4n) is 2.07. The Hall–Kier alpha value is -1.81. The molecule has 1 heterocycles. The normalized spacial score (nSPS) is 12.4. The molecular formula is C15H20N2O2. The fraction of sp³-hybridized carbons (Fsp3) is 0.400. The van der Waals surface area contributed by atoms with Crippen LogP contribution in [0.5, 0.6) is 5.75 Å². The molecule has 0 aliphatic rings. The molecule has 1 aromatic heterocycles. The van der Waals surface area contributed by atoms with Gasteiger partial charge in [0.2, 0.25) is 0 Å². The summed E-state index contributed by atoms with van der Waals surface area (Å²) in [6.07, 6.45) is 3.20. The number of aliphatic hydroxyl groups excluding tert-OH is 1. The second-order valence-corrected chi connectivity index (χ2v) is 4.57. The van der Waals surface area contributed by atoms with Gasteiger partial charge in [0.25, 0.3) is 0 Å². The van der Waals surface area contributed by atoms with E-state index in [-0.39, 0.29) is 6.10 Å². The van der Waals surface area contributed by atoms with Crippen molar-refractivity contribution >= 4 is 16.6 Å². The molecule has 2 rings (SSSR count). The Balaban J connectivity index is 2.19. The standard InChI is InChI=1S/C15H20N2O2/c1-3-4-12(18)10-17-15-14-6-5-13(19-2)9-11(14)7-8-16-15/h5-9,12,18H,3-4,10H2,1-2H3,(H,16,17). The van der Waals surface area contributed by atoms with Crippen LogP contribution in [-0.2, 0) is 0 Å².